The zero-order chi connectivity index (χ0) is 15.9. The summed E-state index contributed by atoms with van der Waals surface area (Å²) in [6.07, 6.45) is 0.603. The summed E-state index contributed by atoms with van der Waals surface area (Å²) in [7, 11) is 0. The lowest BCUT2D eigenvalue weighted by Crippen LogP contribution is -2.69. The Hall–Kier alpha value is -1.59. The lowest BCUT2D eigenvalue weighted by Gasteiger charge is -2.48. The molecule has 0 bridgehead atoms. The van der Waals surface area contributed by atoms with Crippen LogP contribution in [0.1, 0.15) is 31.7 Å². The van der Waals surface area contributed by atoms with Gasteiger partial charge in [0.2, 0.25) is 5.91 Å². The molecular formula is C16H20ClN3O2. The van der Waals surface area contributed by atoms with Gasteiger partial charge in [-0.2, -0.15) is 0 Å². The number of amides is 3. The van der Waals surface area contributed by atoms with E-state index >= 15 is 0 Å². The molecule has 3 atom stereocenters. The molecule has 1 aromatic rings. The molecule has 5 nitrogen and oxygen atoms in total. The topological polar surface area (TPSA) is 61.4 Å². The largest absolute Gasteiger partial charge is 0.325 e. The van der Waals surface area contributed by atoms with Gasteiger partial charge in [0.25, 0.3) is 0 Å². The average Bonchev–Trinajstić information content (AvgIpc) is 2.47. The standard InChI is InChI=1S/C16H20ClN3O2/c1-9(2)20-14-13(15(21)19-16(20)22)12(7-8-18-14)10-3-5-11(17)6-4-10/h3-6,9,12-14,18H,7-8H2,1-2H3,(H,19,21,22). The van der Waals surface area contributed by atoms with Crippen molar-refractivity contribution in [3.63, 3.8) is 0 Å². The summed E-state index contributed by atoms with van der Waals surface area (Å²) in [5, 5.41) is 6.53. The maximum Gasteiger partial charge on any atom is 0.325 e. The minimum atomic E-state index is -0.314. The van der Waals surface area contributed by atoms with Crippen molar-refractivity contribution in [1.82, 2.24) is 15.5 Å². The van der Waals surface area contributed by atoms with Gasteiger partial charge in [-0.1, -0.05) is 23.7 Å². The molecule has 0 aromatic heterocycles. The number of urea groups is 1. The number of carbonyl (C=O) groups is 2. The van der Waals surface area contributed by atoms with E-state index in [1.165, 1.54) is 0 Å². The number of benzene rings is 1. The number of nitrogens with one attached hydrogen (secondary N) is 2. The Morgan fingerprint density at radius 1 is 1.23 bits per heavy atom. The van der Waals surface area contributed by atoms with Crippen LogP contribution in [0.3, 0.4) is 0 Å². The fourth-order valence-corrected chi connectivity index (χ4v) is 3.66. The molecular weight excluding hydrogens is 302 g/mol. The van der Waals surface area contributed by atoms with Crippen molar-refractivity contribution in [2.24, 2.45) is 5.92 Å². The summed E-state index contributed by atoms with van der Waals surface area (Å²) in [6, 6.07) is 7.35. The van der Waals surface area contributed by atoms with E-state index < -0.39 is 0 Å². The van der Waals surface area contributed by atoms with Crippen molar-refractivity contribution in [1.29, 1.82) is 0 Å². The molecule has 2 aliphatic heterocycles. The third-order valence-electron chi connectivity index (χ3n) is 4.50. The van der Waals surface area contributed by atoms with Crippen molar-refractivity contribution in [3.8, 4) is 0 Å². The van der Waals surface area contributed by atoms with Gasteiger partial charge in [-0.15, -0.1) is 0 Å². The zero-order valence-electron chi connectivity index (χ0n) is 12.7. The quantitative estimate of drug-likeness (QED) is 0.878. The first-order valence-corrected chi connectivity index (χ1v) is 7.99. The number of hydrogen-bond acceptors (Lipinski definition) is 3. The number of piperidine rings is 1. The Bertz CT molecular complexity index is 588. The normalized spacial score (nSPS) is 28.5. The number of halogens is 1. The van der Waals surface area contributed by atoms with Crippen LogP contribution in [0.4, 0.5) is 4.79 Å². The van der Waals surface area contributed by atoms with Crippen molar-refractivity contribution in [3.05, 3.63) is 34.9 Å². The molecule has 3 amide bonds. The van der Waals surface area contributed by atoms with Crippen LogP contribution in [-0.4, -0.2) is 35.6 Å². The summed E-state index contributed by atoms with van der Waals surface area (Å²) < 4.78 is 0. The maximum atomic E-state index is 12.4. The molecule has 0 saturated carbocycles. The Kier molecular flexibility index (Phi) is 4.10. The molecule has 2 fully saturated rings. The molecule has 22 heavy (non-hydrogen) atoms. The highest BCUT2D eigenvalue weighted by Crippen LogP contribution is 2.37. The number of nitrogens with zero attached hydrogens (tertiary/aromatic N) is 1. The minimum Gasteiger partial charge on any atom is -0.306 e. The van der Waals surface area contributed by atoms with Crippen LogP contribution < -0.4 is 10.6 Å². The van der Waals surface area contributed by atoms with Crippen LogP contribution in [0, 0.1) is 5.92 Å². The third kappa shape index (κ3) is 2.59. The van der Waals surface area contributed by atoms with E-state index in [1.807, 2.05) is 38.1 Å². The molecule has 118 valence electrons. The predicted octanol–water partition coefficient (Wildman–Crippen LogP) is 2.32. The van der Waals surface area contributed by atoms with Crippen LogP contribution in [-0.2, 0) is 4.79 Å². The maximum absolute atomic E-state index is 12.4. The Labute approximate surface area is 135 Å². The van der Waals surface area contributed by atoms with Crippen molar-refractivity contribution in [2.45, 2.75) is 38.4 Å². The second-order valence-corrected chi connectivity index (χ2v) is 6.60. The number of fused-ring (bicyclic) bond motifs is 1. The SMILES string of the molecule is CC(C)N1C(=O)NC(=O)C2C(c3ccc(Cl)cc3)CCNC21. The highest BCUT2D eigenvalue weighted by Gasteiger charge is 2.48. The van der Waals surface area contributed by atoms with Crippen LogP contribution in [0.15, 0.2) is 24.3 Å². The van der Waals surface area contributed by atoms with Gasteiger partial charge in [0.05, 0.1) is 12.1 Å². The molecule has 2 N–H and O–H groups in total. The number of imide groups is 1. The second kappa shape index (κ2) is 5.89. The van der Waals surface area contributed by atoms with Crippen LogP contribution in [0.25, 0.3) is 0 Å². The van der Waals surface area contributed by atoms with Gasteiger partial charge in [-0.05, 0) is 44.5 Å². The summed E-state index contributed by atoms with van der Waals surface area (Å²) >= 11 is 5.96. The van der Waals surface area contributed by atoms with Crippen molar-refractivity contribution < 1.29 is 9.59 Å². The van der Waals surface area contributed by atoms with E-state index in [2.05, 4.69) is 10.6 Å². The summed E-state index contributed by atoms with van der Waals surface area (Å²) in [4.78, 5) is 26.3. The molecule has 2 aliphatic rings. The lowest BCUT2D eigenvalue weighted by atomic mass is 9.77. The molecule has 0 radical (unpaired) electrons. The Morgan fingerprint density at radius 3 is 2.55 bits per heavy atom. The van der Waals surface area contributed by atoms with Crippen molar-refractivity contribution in [2.75, 3.05) is 6.54 Å². The molecule has 2 saturated heterocycles. The van der Waals surface area contributed by atoms with E-state index in [0.717, 1.165) is 18.5 Å². The van der Waals surface area contributed by atoms with Gasteiger partial charge in [0.15, 0.2) is 0 Å². The fraction of sp³-hybridized carbons (Fsp3) is 0.500. The number of carbonyl (C=O) groups excluding carboxylic acids is 2. The first-order valence-electron chi connectivity index (χ1n) is 7.61. The average molecular weight is 322 g/mol. The van der Waals surface area contributed by atoms with Crippen LogP contribution >= 0.6 is 11.6 Å². The van der Waals surface area contributed by atoms with E-state index in [9.17, 15) is 9.59 Å². The lowest BCUT2D eigenvalue weighted by molar-refractivity contribution is -0.131. The van der Waals surface area contributed by atoms with E-state index in [-0.39, 0.29) is 36.0 Å². The van der Waals surface area contributed by atoms with E-state index in [4.69, 9.17) is 11.6 Å². The van der Waals surface area contributed by atoms with Gasteiger partial charge >= 0.3 is 6.03 Å². The predicted molar refractivity (Wildman–Crippen MR) is 84.6 cm³/mol. The molecule has 6 heteroatoms. The van der Waals surface area contributed by atoms with Crippen LogP contribution in [0.5, 0.6) is 0 Å². The first-order chi connectivity index (χ1) is 10.5. The van der Waals surface area contributed by atoms with Crippen molar-refractivity contribution >= 4 is 23.5 Å². The number of hydrogen-bond donors (Lipinski definition) is 2. The van der Waals surface area contributed by atoms with Crippen LogP contribution in [0.2, 0.25) is 5.02 Å². The minimum absolute atomic E-state index is 0.0251. The highest BCUT2D eigenvalue weighted by molar-refractivity contribution is 6.30. The zero-order valence-corrected chi connectivity index (χ0v) is 13.4. The summed E-state index contributed by atoms with van der Waals surface area (Å²) in [5.41, 5.74) is 1.09. The van der Waals surface area contributed by atoms with Gasteiger partial charge in [0.1, 0.15) is 0 Å². The second-order valence-electron chi connectivity index (χ2n) is 6.17. The Balaban J connectivity index is 1.95. The summed E-state index contributed by atoms with van der Waals surface area (Å²) in [5.74, 6) is -0.396. The molecule has 0 aliphatic carbocycles. The molecule has 0 spiro atoms. The first kappa shape index (κ1) is 15.3. The van der Waals surface area contributed by atoms with Gasteiger partial charge in [0, 0.05) is 17.0 Å². The number of rotatable bonds is 2. The monoisotopic (exact) mass is 321 g/mol. The molecule has 1 aromatic carbocycles. The molecule has 3 unspecified atom stereocenters. The van der Waals surface area contributed by atoms with E-state index in [1.54, 1.807) is 4.90 Å². The molecule has 3 rings (SSSR count). The third-order valence-corrected chi connectivity index (χ3v) is 4.76. The van der Waals surface area contributed by atoms with Gasteiger partial charge in [-0.25, -0.2) is 4.79 Å². The Morgan fingerprint density at radius 2 is 1.91 bits per heavy atom. The highest BCUT2D eigenvalue weighted by atomic mass is 35.5. The summed E-state index contributed by atoms with van der Waals surface area (Å²) in [6.45, 7) is 4.69. The van der Waals surface area contributed by atoms with Gasteiger partial charge < -0.3 is 4.90 Å². The fourth-order valence-electron chi connectivity index (χ4n) is 3.53. The van der Waals surface area contributed by atoms with E-state index in [0.29, 0.717) is 5.02 Å². The molecule has 2 heterocycles. The smallest absolute Gasteiger partial charge is 0.306 e. The van der Waals surface area contributed by atoms with Gasteiger partial charge in [-0.3, -0.25) is 15.4 Å².